The largest absolute Gasteiger partial charge is 0.370 e. The van der Waals surface area contributed by atoms with Gasteiger partial charge in [-0.05, 0) is 25.5 Å². The number of hydrogen-bond donors (Lipinski definition) is 1. The smallest absolute Gasteiger partial charge is 0.271 e. The van der Waals surface area contributed by atoms with Gasteiger partial charge in [0.25, 0.3) is 5.69 Å². The van der Waals surface area contributed by atoms with Gasteiger partial charge in [0.1, 0.15) is 0 Å². The Kier molecular flexibility index (Phi) is 3.28. The molecular weight excluding hydrogens is 218 g/mol. The molecular formula is C12H17N3O2. The summed E-state index contributed by atoms with van der Waals surface area (Å²) in [7, 11) is 2.00. The molecule has 0 saturated carbocycles. The quantitative estimate of drug-likeness (QED) is 0.640. The molecule has 1 heterocycles. The van der Waals surface area contributed by atoms with E-state index in [0.29, 0.717) is 6.04 Å². The molecule has 0 amide bonds. The summed E-state index contributed by atoms with van der Waals surface area (Å²) in [4.78, 5) is 12.6. The van der Waals surface area contributed by atoms with Crippen LogP contribution < -0.4 is 10.2 Å². The van der Waals surface area contributed by atoms with E-state index in [1.165, 1.54) is 0 Å². The van der Waals surface area contributed by atoms with Crippen LogP contribution in [0, 0.1) is 17.0 Å². The van der Waals surface area contributed by atoms with Gasteiger partial charge in [0.15, 0.2) is 0 Å². The molecule has 1 unspecified atom stereocenters. The van der Waals surface area contributed by atoms with Gasteiger partial charge in [0.2, 0.25) is 0 Å². The zero-order chi connectivity index (χ0) is 12.4. The third-order valence-electron chi connectivity index (χ3n) is 3.37. The van der Waals surface area contributed by atoms with Crippen LogP contribution in [0.25, 0.3) is 0 Å². The number of nitrogens with one attached hydrogen (secondary N) is 1. The number of aryl methyl sites for hydroxylation is 1. The summed E-state index contributed by atoms with van der Waals surface area (Å²) in [5, 5.41) is 14.1. The Morgan fingerprint density at radius 2 is 2.29 bits per heavy atom. The highest BCUT2D eigenvalue weighted by molar-refractivity contribution is 5.59. The zero-order valence-corrected chi connectivity index (χ0v) is 10.1. The molecule has 1 aromatic rings. The van der Waals surface area contributed by atoms with E-state index in [1.54, 1.807) is 12.1 Å². The van der Waals surface area contributed by atoms with E-state index < -0.39 is 0 Å². The predicted molar refractivity (Wildman–Crippen MR) is 67.5 cm³/mol. The summed E-state index contributed by atoms with van der Waals surface area (Å²) in [6.45, 7) is 3.94. The second-order valence-electron chi connectivity index (χ2n) is 4.49. The molecule has 1 N–H and O–H groups in total. The molecule has 2 rings (SSSR count). The second kappa shape index (κ2) is 4.71. The molecule has 1 aliphatic rings. The Morgan fingerprint density at radius 1 is 1.53 bits per heavy atom. The lowest BCUT2D eigenvalue weighted by atomic mass is 10.1. The minimum atomic E-state index is -0.344. The average molecular weight is 235 g/mol. The fourth-order valence-corrected chi connectivity index (χ4v) is 2.26. The average Bonchev–Trinajstić information content (AvgIpc) is 2.81. The van der Waals surface area contributed by atoms with Gasteiger partial charge in [-0.2, -0.15) is 0 Å². The van der Waals surface area contributed by atoms with Gasteiger partial charge in [-0.3, -0.25) is 10.1 Å². The van der Waals surface area contributed by atoms with Crippen molar-refractivity contribution < 1.29 is 4.92 Å². The SMILES string of the molecule is Cc1ccc([N+](=O)[O-])cc1N(C)C1CCNC1. The van der Waals surface area contributed by atoms with Crippen molar-refractivity contribution in [3.8, 4) is 0 Å². The first-order valence-electron chi connectivity index (χ1n) is 5.78. The summed E-state index contributed by atoms with van der Waals surface area (Å²) in [6, 6.07) is 5.45. The van der Waals surface area contributed by atoms with E-state index in [0.717, 1.165) is 30.8 Å². The van der Waals surface area contributed by atoms with Gasteiger partial charge in [-0.25, -0.2) is 0 Å². The highest BCUT2D eigenvalue weighted by atomic mass is 16.6. The van der Waals surface area contributed by atoms with E-state index in [9.17, 15) is 10.1 Å². The molecule has 1 aromatic carbocycles. The van der Waals surface area contributed by atoms with Crippen molar-refractivity contribution in [2.75, 3.05) is 25.0 Å². The van der Waals surface area contributed by atoms with Crippen LogP contribution in [0.15, 0.2) is 18.2 Å². The summed E-state index contributed by atoms with van der Waals surface area (Å²) in [6.07, 6.45) is 1.08. The topological polar surface area (TPSA) is 58.4 Å². The highest BCUT2D eigenvalue weighted by Crippen LogP contribution is 2.27. The summed E-state index contributed by atoms with van der Waals surface area (Å²) < 4.78 is 0. The monoisotopic (exact) mass is 235 g/mol. The third kappa shape index (κ3) is 2.39. The van der Waals surface area contributed by atoms with Crippen LogP contribution in [0.3, 0.4) is 0 Å². The maximum atomic E-state index is 10.8. The van der Waals surface area contributed by atoms with Crippen LogP contribution in [-0.4, -0.2) is 31.1 Å². The fraction of sp³-hybridized carbons (Fsp3) is 0.500. The maximum absolute atomic E-state index is 10.8. The van der Waals surface area contributed by atoms with Gasteiger partial charge in [0, 0.05) is 37.5 Å². The number of nitro benzene ring substituents is 1. The summed E-state index contributed by atoms with van der Waals surface area (Å²) in [5.41, 5.74) is 2.18. The Labute approximate surface area is 101 Å². The summed E-state index contributed by atoms with van der Waals surface area (Å²) >= 11 is 0. The molecule has 17 heavy (non-hydrogen) atoms. The number of nitrogens with zero attached hydrogens (tertiary/aromatic N) is 2. The van der Waals surface area contributed by atoms with E-state index in [-0.39, 0.29) is 10.6 Å². The van der Waals surface area contributed by atoms with E-state index in [2.05, 4.69) is 10.2 Å². The fourth-order valence-electron chi connectivity index (χ4n) is 2.26. The van der Waals surface area contributed by atoms with E-state index in [1.807, 2.05) is 20.0 Å². The Hall–Kier alpha value is -1.62. The first kappa shape index (κ1) is 11.9. The predicted octanol–water partition coefficient (Wildman–Crippen LogP) is 1.70. The van der Waals surface area contributed by atoms with Crippen LogP contribution >= 0.6 is 0 Å². The molecule has 0 radical (unpaired) electrons. The normalized spacial score (nSPS) is 19.3. The number of nitro groups is 1. The van der Waals surface area contributed by atoms with Crippen molar-refractivity contribution in [2.24, 2.45) is 0 Å². The van der Waals surface area contributed by atoms with Gasteiger partial charge < -0.3 is 10.2 Å². The van der Waals surface area contributed by atoms with Crippen molar-refractivity contribution in [2.45, 2.75) is 19.4 Å². The third-order valence-corrected chi connectivity index (χ3v) is 3.37. The lowest BCUT2D eigenvalue weighted by molar-refractivity contribution is -0.384. The second-order valence-corrected chi connectivity index (χ2v) is 4.49. The highest BCUT2D eigenvalue weighted by Gasteiger charge is 2.21. The number of anilines is 1. The molecule has 1 fully saturated rings. The van der Waals surface area contributed by atoms with Crippen molar-refractivity contribution >= 4 is 11.4 Å². The number of benzene rings is 1. The lowest BCUT2D eigenvalue weighted by Gasteiger charge is -2.27. The summed E-state index contributed by atoms with van der Waals surface area (Å²) in [5.74, 6) is 0. The Morgan fingerprint density at radius 3 is 2.88 bits per heavy atom. The lowest BCUT2D eigenvalue weighted by Crippen LogP contribution is -2.33. The van der Waals surface area contributed by atoms with Crippen molar-refractivity contribution in [1.29, 1.82) is 0 Å². The number of non-ortho nitro benzene ring substituents is 1. The zero-order valence-electron chi connectivity index (χ0n) is 10.1. The van der Waals surface area contributed by atoms with Crippen LogP contribution in [0.4, 0.5) is 11.4 Å². The van der Waals surface area contributed by atoms with E-state index in [4.69, 9.17) is 0 Å². The molecule has 0 aromatic heterocycles. The Balaban J connectivity index is 2.29. The molecule has 92 valence electrons. The first-order valence-corrected chi connectivity index (χ1v) is 5.78. The number of hydrogen-bond acceptors (Lipinski definition) is 4. The van der Waals surface area contributed by atoms with Crippen molar-refractivity contribution in [3.05, 3.63) is 33.9 Å². The minimum absolute atomic E-state index is 0.156. The maximum Gasteiger partial charge on any atom is 0.271 e. The molecule has 1 atom stereocenters. The molecule has 0 bridgehead atoms. The van der Waals surface area contributed by atoms with Crippen molar-refractivity contribution in [3.63, 3.8) is 0 Å². The molecule has 0 aliphatic carbocycles. The molecule has 5 nitrogen and oxygen atoms in total. The van der Waals surface area contributed by atoms with Gasteiger partial charge in [-0.1, -0.05) is 6.07 Å². The van der Waals surface area contributed by atoms with Crippen molar-refractivity contribution in [1.82, 2.24) is 5.32 Å². The number of likely N-dealkylation sites (N-methyl/N-ethyl adjacent to an activating group) is 1. The van der Waals surface area contributed by atoms with Gasteiger partial charge in [-0.15, -0.1) is 0 Å². The van der Waals surface area contributed by atoms with Gasteiger partial charge >= 0.3 is 0 Å². The molecule has 5 heteroatoms. The first-order chi connectivity index (χ1) is 8.09. The van der Waals surface area contributed by atoms with Crippen LogP contribution in [-0.2, 0) is 0 Å². The molecule has 1 aliphatic heterocycles. The van der Waals surface area contributed by atoms with Crippen LogP contribution in [0.2, 0.25) is 0 Å². The number of rotatable bonds is 3. The van der Waals surface area contributed by atoms with E-state index >= 15 is 0 Å². The van der Waals surface area contributed by atoms with Crippen LogP contribution in [0.5, 0.6) is 0 Å². The van der Waals surface area contributed by atoms with Gasteiger partial charge in [0.05, 0.1) is 4.92 Å². The van der Waals surface area contributed by atoms with Crippen LogP contribution in [0.1, 0.15) is 12.0 Å². The Bertz CT molecular complexity index is 428. The molecule has 1 saturated heterocycles. The standard InChI is InChI=1S/C12H17N3O2/c1-9-3-4-10(15(16)17)7-12(9)14(2)11-5-6-13-8-11/h3-4,7,11,13H,5-6,8H2,1-2H3. The minimum Gasteiger partial charge on any atom is -0.370 e. The molecule has 0 spiro atoms.